The van der Waals surface area contributed by atoms with E-state index in [0.717, 1.165) is 21.8 Å². The quantitative estimate of drug-likeness (QED) is 0.0892. The Bertz CT molecular complexity index is 2200. The first-order valence-electron chi connectivity index (χ1n) is 17.8. The van der Waals surface area contributed by atoms with Crippen molar-refractivity contribution in [1.82, 2.24) is 4.98 Å². The van der Waals surface area contributed by atoms with E-state index in [9.17, 15) is 0 Å². The van der Waals surface area contributed by atoms with Crippen molar-refractivity contribution in [2.24, 2.45) is 0 Å². The van der Waals surface area contributed by atoms with Gasteiger partial charge in [0.2, 0.25) is 11.4 Å². The second-order valence-corrected chi connectivity index (χ2v) is 14.4. The smallest absolute Gasteiger partial charge is 0.657 e. The zero-order chi connectivity index (χ0) is 35.5. The zero-order valence-corrected chi connectivity index (χ0v) is 33.0. The van der Waals surface area contributed by atoms with E-state index >= 15 is 0 Å². The Hall–Kier alpha value is -4.75. The van der Waals surface area contributed by atoms with Crippen LogP contribution in [-0.2, 0) is 22.4 Å². The van der Waals surface area contributed by atoms with Gasteiger partial charge in [0.25, 0.3) is 12.4 Å². The third-order valence-electron chi connectivity index (χ3n) is 9.49. The molecule has 0 atom stereocenters. The first-order valence-corrected chi connectivity index (χ1v) is 17.8. The topological polar surface area (TPSA) is 24.5 Å². The minimum Gasteiger partial charge on any atom is -0.657 e. The van der Waals surface area contributed by atoms with Crippen LogP contribution in [0.15, 0.2) is 116 Å². The summed E-state index contributed by atoms with van der Waals surface area (Å²) < 4.78 is 4.40. The number of aromatic nitrogens is 1. The molecule has 51 heavy (non-hydrogen) atoms. The van der Waals surface area contributed by atoms with Gasteiger partial charge >= 0.3 is 28.4 Å². The predicted octanol–water partition coefficient (Wildman–Crippen LogP) is 13.0. The van der Waals surface area contributed by atoms with Gasteiger partial charge in [-0.05, 0) is 57.7 Å². The molecule has 2 heterocycles. The molecule has 4 nitrogen and oxygen atoms in total. The summed E-state index contributed by atoms with van der Waals surface area (Å²) in [7, 11) is 0. The largest absolute Gasteiger partial charge is 1.00 e. The van der Waals surface area contributed by atoms with Crippen molar-refractivity contribution in [3.05, 3.63) is 149 Å². The average molecular weight is 853 g/mol. The fourth-order valence-electron chi connectivity index (χ4n) is 6.84. The first-order chi connectivity index (χ1) is 24.1. The molecular formula is C46H47AuN4+2. The van der Waals surface area contributed by atoms with Crippen molar-refractivity contribution >= 4 is 44.9 Å². The summed E-state index contributed by atoms with van der Waals surface area (Å²) in [5, 5.41) is 2.16. The van der Waals surface area contributed by atoms with Gasteiger partial charge in [-0.2, -0.15) is 0 Å². The molecule has 1 aromatic heterocycles. The number of para-hydroxylation sites is 2. The molecule has 0 saturated carbocycles. The summed E-state index contributed by atoms with van der Waals surface area (Å²) in [5.74, 6) is 1.84. The maximum Gasteiger partial charge on any atom is 1.00 e. The molecule has 0 N–H and O–H groups in total. The van der Waals surface area contributed by atoms with Gasteiger partial charge in [0, 0.05) is 22.3 Å². The van der Waals surface area contributed by atoms with E-state index in [4.69, 9.17) is 6.57 Å². The number of nitrogens with zero attached hydrogens (tertiary/aromatic N) is 4. The molecule has 1 aliphatic rings. The second-order valence-electron chi connectivity index (χ2n) is 14.4. The number of benzene rings is 5. The molecule has 7 rings (SSSR count). The molecule has 5 aromatic carbocycles. The van der Waals surface area contributed by atoms with E-state index in [1.54, 1.807) is 0 Å². The molecule has 0 aliphatic carbocycles. The molecule has 260 valence electrons. The van der Waals surface area contributed by atoms with Crippen molar-refractivity contribution in [2.75, 3.05) is 0 Å². The van der Waals surface area contributed by atoms with E-state index in [2.05, 4.69) is 160 Å². The Morgan fingerprint density at radius 2 is 0.980 bits per heavy atom. The van der Waals surface area contributed by atoms with Gasteiger partial charge in [0.05, 0.1) is 6.57 Å². The fraction of sp³-hybridized carbons (Fsp3) is 0.261. The third-order valence-corrected chi connectivity index (χ3v) is 9.49. The van der Waals surface area contributed by atoms with Crippen LogP contribution in [0.5, 0.6) is 0 Å². The van der Waals surface area contributed by atoms with E-state index < -0.39 is 0 Å². The number of rotatable bonds is 7. The third kappa shape index (κ3) is 7.79. The van der Waals surface area contributed by atoms with Crippen LogP contribution in [0.1, 0.15) is 101 Å². The van der Waals surface area contributed by atoms with E-state index in [1.165, 1.54) is 44.8 Å². The van der Waals surface area contributed by atoms with Crippen LogP contribution in [0.3, 0.4) is 0 Å². The van der Waals surface area contributed by atoms with Crippen molar-refractivity contribution in [3.63, 3.8) is 0 Å². The summed E-state index contributed by atoms with van der Waals surface area (Å²) in [6.45, 7) is 25.3. The molecule has 0 spiro atoms. The van der Waals surface area contributed by atoms with Crippen molar-refractivity contribution in [1.29, 1.82) is 0 Å². The minimum atomic E-state index is 0. The molecule has 5 heteroatoms. The van der Waals surface area contributed by atoms with Gasteiger partial charge in [0.15, 0.2) is 5.69 Å². The van der Waals surface area contributed by atoms with Gasteiger partial charge < -0.3 is 4.98 Å². The summed E-state index contributed by atoms with van der Waals surface area (Å²) in [5.41, 5.74) is 13.0. The maximum absolute atomic E-state index is 7.16. The molecule has 0 amide bonds. The van der Waals surface area contributed by atoms with Gasteiger partial charge in [-0.3, -0.25) is 0 Å². The Morgan fingerprint density at radius 3 is 1.43 bits per heavy atom. The van der Waals surface area contributed by atoms with Crippen molar-refractivity contribution in [3.8, 4) is 11.1 Å². The number of fused-ring (bicyclic) bond motifs is 3. The van der Waals surface area contributed by atoms with Crippen LogP contribution in [0.4, 0.5) is 17.1 Å². The van der Waals surface area contributed by atoms with Crippen LogP contribution in [0.25, 0.3) is 37.8 Å². The Labute approximate surface area is 319 Å². The standard InChI is InChI=1S/C27H36N2.C19H11N2.Au/c1-18(2)22-11-9-12-23(19(3)4)26(22)28-15-16-29(17-28)27-24(20(5)6)13-10-14-25(27)21(7)8;1-20-15-8-10-19-17(12-15)16-11-14(7-9-18(16)21-19)13-5-3-2-4-6-13;/h9-16,18-21H,1-8H3;2-12H;/q+2;-1;+1. The van der Waals surface area contributed by atoms with Crippen LogP contribution < -0.4 is 4.98 Å². The monoisotopic (exact) mass is 852 g/mol. The van der Waals surface area contributed by atoms with Crippen molar-refractivity contribution < 1.29 is 31.5 Å². The first kappa shape index (κ1) is 37.5. The van der Waals surface area contributed by atoms with Gasteiger partial charge in [-0.1, -0.05) is 156 Å². The van der Waals surface area contributed by atoms with Crippen LogP contribution in [-0.4, -0.2) is 15.2 Å². The van der Waals surface area contributed by atoms with Gasteiger partial charge in [-0.15, -0.1) is 11.0 Å². The van der Waals surface area contributed by atoms with E-state index in [0.29, 0.717) is 29.4 Å². The molecule has 0 saturated heterocycles. The minimum absolute atomic E-state index is 0. The number of hydrogen-bond acceptors (Lipinski definition) is 0. The fourth-order valence-corrected chi connectivity index (χ4v) is 6.84. The summed E-state index contributed by atoms with van der Waals surface area (Å²) >= 11 is 0. The summed E-state index contributed by atoms with van der Waals surface area (Å²) in [6, 6.07) is 39.3. The van der Waals surface area contributed by atoms with Crippen LogP contribution in [0.2, 0.25) is 0 Å². The molecule has 0 fully saturated rings. The normalized spacial score (nSPS) is 12.3. The SMILES string of the molecule is CC(C)c1cccc(C(C)C)c1[N+]1=C=[N+](c2c(C(C)C)cccc2C(C)C)C=C1.[Au+].[C-]#[N+]c1ccc2[n-]c3ccc(-c4ccccc4)cc3c2c1. The van der Waals surface area contributed by atoms with Crippen molar-refractivity contribution in [2.45, 2.75) is 79.1 Å². The summed E-state index contributed by atoms with van der Waals surface area (Å²) in [6.07, 6.45) is 4.32. The van der Waals surface area contributed by atoms with E-state index in [1.807, 2.05) is 36.4 Å². The molecule has 6 aromatic rings. The van der Waals surface area contributed by atoms with Gasteiger partial charge in [0.1, 0.15) is 0 Å². The number of hydrogen-bond donors (Lipinski definition) is 0. The average Bonchev–Trinajstić information content (AvgIpc) is 3.76. The van der Waals surface area contributed by atoms with E-state index in [-0.39, 0.29) is 22.4 Å². The molecular weight excluding hydrogens is 806 g/mol. The summed E-state index contributed by atoms with van der Waals surface area (Å²) in [4.78, 5) is 8.13. The second kappa shape index (κ2) is 16.1. The zero-order valence-electron chi connectivity index (χ0n) is 30.9. The molecule has 0 radical (unpaired) electrons. The Morgan fingerprint density at radius 1 is 0.529 bits per heavy atom. The van der Waals surface area contributed by atoms with Gasteiger partial charge in [-0.25, -0.2) is 4.85 Å². The predicted molar refractivity (Wildman–Crippen MR) is 210 cm³/mol. The van der Waals surface area contributed by atoms with Crippen LogP contribution in [0, 0.1) is 6.57 Å². The maximum atomic E-state index is 7.16. The molecule has 0 bridgehead atoms. The Kier molecular flexibility index (Phi) is 11.8. The molecule has 0 unspecified atom stereocenters. The molecule has 1 aliphatic heterocycles. The van der Waals surface area contributed by atoms with Crippen LogP contribution >= 0.6 is 0 Å². The Balaban J connectivity index is 0.000000202.